The molecule has 0 aliphatic rings. The SMILES string of the molecule is Cc1c(S(=O)(=O)Nc2cccc(CC(=O)O)c2)sc2ccc(C(C)C)cc12. The molecule has 2 N–H and O–H groups in total. The molecule has 0 saturated carbocycles. The van der Waals surface area contributed by atoms with E-state index in [2.05, 4.69) is 24.6 Å². The van der Waals surface area contributed by atoms with E-state index in [9.17, 15) is 13.2 Å². The third kappa shape index (κ3) is 4.14. The van der Waals surface area contributed by atoms with Crippen molar-refractivity contribution >= 4 is 43.1 Å². The summed E-state index contributed by atoms with van der Waals surface area (Å²) >= 11 is 1.24. The Morgan fingerprint density at radius 3 is 2.59 bits per heavy atom. The zero-order chi connectivity index (χ0) is 19.8. The van der Waals surface area contributed by atoms with Crippen LogP contribution < -0.4 is 4.72 Å². The maximum atomic E-state index is 12.9. The first-order valence-corrected chi connectivity index (χ1v) is 10.8. The molecule has 3 rings (SSSR count). The molecule has 1 aromatic heterocycles. The van der Waals surface area contributed by atoms with E-state index in [-0.39, 0.29) is 10.6 Å². The number of aliphatic carboxylic acids is 1. The Labute approximate surface area is 162 Å². The van der Waals surface area contributed by atoms with Gasteiger partial charge in [0.1, 0.15) is 4.21 Å². The van der Waals surface area contributed by atoms with Crippen LogP contribution in [0.1, 0.15) is 36.5 Å². The van der Waals surface area contributed by atoms with Crippen LogP contribution in [0.15, 0.2) is 46.7 Å². The summed E-state index contributed by atoms with van der Waals surface area (Å²) in [7, 11) is -3.76. The number of hydrogen-bond donors (Lipinski definition) is 2. The minimum absolute atomic E-state index is 0.157. The molecule has 142 valence electrons. The van der Waals surface area contributed by atoms with Crippen molar-refractivity contribution < 1.29 is 18.3 Å². The van der Waals surface area contributed by atoms with Gasteiger partial charge in [-0.1, -0.05) is 32.0 Å². The van der Waals surface area contributed by atoms with Crippen molar-refractivity contribution in [3.05, 3.63) is 59.2 Å². The van der Waals surface area contributed by atoms with Crippen LogP contribution in [0.4, 0.5) is 5.69 Å². The zero-order valence-corrected chi connectivity index (χ0v) is 16.9. The normalized spacial score (nSPS) is 11.9. The van der Waals surface area contributed by atoms with Crippen LogP contribution >= 0.6 is 11.3 Å². The number of carboxylic acid groups (broad SMARTS) is 1. The molecule has 0 amide bonds. The van der Waals surface area contributed by atoms with Crippen molar-refractivity contribution in [1.29, 1.82) is 0 Å². The van der Waals surface area contributed by atoms with Crippen molar-refractivity contribution in [3.8, 4) is 0 Å². The van der Waals surface area contributed by atoms with Gasteiger partial charge >= 0.3 is 5.97 Å². The van der Waals surface area contributed by atoms with E-state index in [4.69, 9.17) is 5.11 Å². The number of anilines is 1. The van der Waals surface area contributed by atoms with Gasteiger partial charge in [-0.25, -0.2) is 8.42 Å². The lowest BCUT2D eigenvalue weighted by Crippen LogP contribution is -2.13. The van der Waals surface area contributed by atoms with Gasteiger partial charge in [-0.3, -0.25) is 9.52 Å². The number of nitrogens with one attached hydrogen (secondary N) is 1. The maximum absolute atomic E-state index is 12.9. The molecular formula is C20H21NO4S2. The summed E-state index contributed by atoms with van der Waals surface area (Å²) in [6.45, 7) is 6.02. The molecule has 0 fully saturated rings. The lowest BCUT2D eigenvalue weighted by molar-refractivity contribution is -0.136. The molecule has 0 aliphatic heterocycles. The Kier molecular flexibility index (Phi) is 5.26. The highest BCUT2D eigenvalue weighted by atomic mass is 32.2. The number of aryl methyl sites for hydroxylation is 1. The molecule has 2 aromatic carbocycles. The van der Waals surface area contributed by atoms with E-state index >= 15 is 0 Å². The minimum Gasteiger partial charge on any atom is -0.481 e. The number of fused-ring (bicyclic) bond motifs is 1. The summed E-state index contributed by atoms with van der Waals surface area (Å²) in [5, 5.41) is 9.86. The molecular weight excluding hydrogens is 382 g/mol. The second-order valence-electron chi connectivity index (χ2n) is 6.80. The van der Waals surface area contributed by atoms with Gasteiger partial charge < -0.3 is 5.11 Å². The predicted octanol–water partition coefficient (Wildman–Crippen LogP) is 4.76. The van der Waals surface area contributed by atoms with E-state index < -0.39 is 16.0 Å². The van der Waals surface area contributed by atoms with E-state index in [0.717, 1.165) is 15.6 Å². The van der Waals surface area contributed by atoms with E-state index in [1.165, 1.54) is 16.9 Å². The molecule has 0 saturated heterocycles. The number of rotatable bonds is 6. The molecule has 0 radical (unpaired) electrons. The molecule has 5 nitrogen and oxygen atoms in total. The van der Waals surface area contributed by atoms with Gasteiger partial charge in [0.2, 0.25) is 0 Å². The number of sulfonamides is 1. The Bertz CT molecular complexity index is 1110. The van der Waals surface area contributed by atoms with Gasteiger partial charge in [0, 0.05) is 10.4 Å². The van der Waals surface area contributed by atoms with Crippen molar-refractivity contribution in [2.75, 3.05) is 4.72 Å². The van der Waals surface area contributed by atoms with Crippen molar-refractivity contribution in [3.63, 3.8) is 0 Å². The summed E-state index contributed by atoms with van der Waals surface area (Å²) in [5.41, 5.74) is 2.79. The summed E-state index contributed by atoms with van der Waals surface area (Å²) in [6, 6.07) is 12.5. The lowest BCUT2D eigenvalue weighted by Gasteiger charge is -2.08. The smallest absolute Gasteiger partial charge is 0.307 e. The molecule has 0 atom stereocenters. The van der Waals surface area contributed by atoms with Gasteiger partial charge in [-0.15, -0.1) is 11.3 Å². The van der Waals surface area contributed by atoms with Crippen LogP contribution in [0.25, 0.3) is 10.1 Å². The Hall–Kier alpha value is -2.38. The first-order valence-electron chi connectivity index (χ1n) is 8.54. The largest absolute Gasteiger partial charge is 0.481 e. The standard InChI is InChI=1S/C20H21NO4S2/c1-12(2)15-7-8-18-17(11-15)13(3)20(26-18)27(24,25)21-16-6-4-5-14(9-16)10-19(22)23/h4-9,11-12,21H,10H2,1-3H3,(H,22,23). The van der Waals surface area contributed by atoms with E-state index in [1.807, 2.05) is 19.1 Å². The number of carboxylic acids is 1. The topological polar surface area (TPSA) is 83.5 Å². The molecule has 1 heterocycles. The molecule has 0 unspecified atom stereocenters. The van der Waals surface area contributed by atoms with Gasteiger partial charge in [-0.05, 0) is 59.2 Å². The fraction of sp³-hybridized carbons (Fsp3) is 0.250. The van der Waals surface area contributed by atoms with Gasteiger partial charge in [0.25, 0.3) is 10.0 Å². The number of benzene rings is 2. The number of carbonyl (C=O) groups is 1. The summed E-state index contributed by atoms with van der Waals surface area (Å²) in [5.74, 6) is -0.597. The van der Waals surface area contributed by atoms with Gasteiger partial charge in [-0.2, -0.15) is 0 Å². The van der Waals surface area contributed by atoms with Crippen LogP contribution in [0.2, 0.25) is 0 Å². The average Bonchev–Trinajstić information content (AvgIpc) is 2.91. The molecule has 3 aromatic rings. The third-order valence-corrected chi connectivity index (χ3v) is 7.64. The number of hydrogen-bond acceptors (Lipinski definition) is 4. The summed E-state index contributed by atoms with van der Waals surface area (Å²) < 4.78 is 29.6. The zero-order valence-electron chi connectivity index (χ0n) is 15.3. The predicted molar refractivity (Wildman–Crippen MR) is 109 cm³/mol. The molecule has 0 spiro atoms. The Balaban J connectivity index is 1.98. The van der Waals surface area contributed by atoms with E-state index in [1.54, 1.807) is 24.3 Å². The van der Waals surface area contributed by atoms with Crippen LogP contribution in [0.3, 0.4) is 0 Å². The van der Waals surface area contributed by atoms with Gasteiger partial charge in [0.05, 0.1) is 6.42 Å². The Morgan fingerprint density at radius 1 is 1.19 bits per heavy atom. The van der Waals surface area contributed by atoms with Crippen LogP contribution in [-0.2, 0) is 21.2 Å². The molecule has 0 aliphatic carbocycles. The fourth-order valence-electron chi connectivity index (χ4n) is 2.95. The first kappa shape index (κ1) is 19.4. The monoisotopic (exact) mass is 403 g/mol. The quantitative estimate of drug-likeness (QED) is 0.621. The first-order chi connectivity index (χ1) is 12.7. The minimum atomic E-state index is -3.76. The lowest BCUT2D eigenvalue weighted by atomic mass is 10.0. The van der Waals surface area contributed by atoms with Gasteiger partial charge in [0.15, 0.2) is 0 Å². The summed E-state index contributed by atoms with van der Waals surface area (Å²) in [4.78, 5) is 10.9. The highest BCUT2D eigenvalue weighted by molar-refractivity contribution is 7.94. The van der Waals surface area contributed by atoms with Crippen LogP contribution in [-0.4, -0.2) is 19.5 Å². The van der Waals surface area contributed by atoms with Crippen LogP contribution in [0, 0.1) is 6.92 Å². The molecule has 7 heteroatoms. The highest BCUT2D eigenvalue weighted by Gasteiger charge is 2.22. The second-order valence-corrected chi connectivity index (χ2v) is 9.73. The maximum Gasteiger partial charge on any atom is 0.307 e. The van der Waals surface area contributed by atoms with Crippen molar-refractivity contribution in [2.24, 2.45) is 0 Å². The van der Waals surface area contributed by atoms with Crippen molar-refractivity contribution in [2.45, 2.75) is 37.3 Å². The second kappa shape index (κ2) is 7.32. The van der Waals surface area contributed by atoms with Crippen LogP contribution in [0.5, 0.6) is 0 Å². The molecule has 0 bridgehead atoms. The molecule has 27 heavy (non-hydrogen) atoms. The Morgan fingerprint density at radius 2 is 1.93 bits per heavy atom. The number of thiophene rings is 1. The van der Waals surface area contributed by atoms with Crippen molar-refractivity contribution in [1.82, 2.24) is 0 Å². The fourth-order valence-corrected chi connectivity index (χ4v) is 5.75. The highest BCUT2D eigenvalue weighted by Crippen LogP contribution is 2.36. The summed E-state index contributed by atoms with van der Waals surface area (Å²) in [6.07, 6.45) is -0.157. The average molecular weight is 404 g/mol. The van der Waals surface area contributed by atoms with E-state index in [0.29, 0.717) is 17.2 Å². The third-order valence-electron chi connectivity index (χ3n) is 4.36.